The first-order valence-corrected chi connectivity index (χ1v) is 22.8. The van der Waals surface area contributed by atoms with E-state index in [0.29, 0.717) is 13.0 Å². The molecule has 0 aliphatic rings. The summed E-state index contributed by atoms with van der Waals surface area (Å²) >= 11 is 0. The molecule has 0 spiro atoms. The first kappa shape index (κ1) is 52.8. The largest absolute Gasteiger partial charge is 0.462 e. The Bertz CT molecular complexity index is 1110. The van der Waals surface area contributed by atoms with Crippen LogP contribution < -0.4 is 0 Å². The quantitative estimate of drug-likeness (QED) is 0.0352. The van der Waals surface area contributed by atoms with E-state index in [-0.39, 0.29) is 31.6 Å². The highest BCUT2D eigenvalue weighted by atomic mass is 16.6. The van der Waals surface area contributed by atoms with Crippen LogP contribution in [0.25, 0.3) is 0 Å². The number of esters is 2. The molecule has 0 heterocycles. The first-order chi connectivity index (χ1) is 27.6. The molecule has 0 N–H and O–H groups in total. The molecule has 0 saturated heterocycles. The first-order valence-electron chi connectivity index (χ1n) is 22.8. The maximum absolute atomic E-state index is 12.6. The minimum atomic E-state index is -0.596. The van der Waals surface area contributed by atoms with E-state index in [1.165, 1.54) is 70.6 Å². The van der Waals surface area contributed by atoms with Gasteiger partial charge < -0.3 is 14.2 Å². The number of rotatable bonds is 40. The molecule has 0 rings (SSSR count). The van der Waals surface area contributed by atoms with Crippen LogP contribution in [0.5, 0.6) is 0 Å². The lowest BCUT2D eigenvalue weighted by molar-refractivity contribution is -0.162. The van der Waals surface area contributed by atoms with E-state index in [0.717, 1.165) is 83.5 Å². The Balaban J connectivity index is 4.27. The molecule has 1 unspecified atom stereocenters. The highest BCUT2D eigenvalue weighted by molar-refractivity contribution is 5.71. The van der Waals surface area contributed by atoms with Crippen LogP contribution >= 0.6 is 0 Å². The Morgan fingerprint density at radius 2 is 0.857 bits per heavy atom. The lowest BCUT2D eigenvalue weighted by Gasteiger charge is -2.18. The summed E-state index contributed by atoms with van der Waals surface area (Å²) in [6.45, 7) is 7.50. The summed E-state index contributed by atoms with van der Waals surface area (Å²) in [6.07, 6.45) is 61.5. The molecule has 56 heavy (non-hydrogen) atoms. The van der Waals surface area contributed by atoms with E-state index in [1.54, 1.807) is 0 Å². The third-order valence-corrected chi connectivity index (χ3v) is 9.14. The average Bonchev–Trinajstić information content (AvgIpc) is 3.20. The standard InChI is InChI=1S/C51H84O5/c1-4-7-10-13-16-18-20-22-24-25-26-27-29-30-32-34-36-38-41-44-50(52)55-48-49(47-54-46-43-40-15-12-9-6-3)56-51(53)45-42-39-37-35-33-31-28-23-21-19-17-14-11-8-5-2/h8,11,16-19,22-24,26-28,33,35,39,42,49H,4-7,9-10,12-15,20-21,25,29-32,34,36-38,40-41,43-48H2,1-3H3/b11-8-,18-16-,19-17-,24-22-,27-26-,28-23-,35-33-,42-39-. The predicted molar refractivity (Wildman–Crippen MR) is 242 cm³/mol. The van der Waals surface area contributed by atoms with Gasteiger partial charge in [0.25, 0.3) is 0 Å². The molecule has 318 valence electrons. The van der Waals surface area contributed by atoms with Gasteiger partial charge in [0, 0.05) is 13.0 Å². The van der Waals surface area contributed by atoms with Crippen molar-refractivity contribution in [3.8, 4) is 0 Å². The van der Waals surface area contributed by atoms with Crippen LogP contribution in [-0.2, 0) is 23.8 Å². The van der Waals surface area contributed by atoms with Gasteiger partial charge in [-0.25, -0.2) is 0 Å². The topological polar surface area (TPSA) is 61.8 Å². The summed E-state index contributed by atoms with van der Waals surface area (Å²) in [6, 6.07) is 0. The van der Waals surface area contributed by atoms with E-state index in [1.807, 2.05) is 12.2 Å². The number of unbranched alkanes of at least 4 members (excludes halogenated alkanes) is 14. The lowest BCUT2D eigenvalue weighted by Crippen LogP contribution is -2.29. The van der Waals surface area contributed by atoms with Crippen molar-refractivity contribution < 1.29 is 23.8 Å². The average molecular weight is 777 g/mol. The fraction of sp³-hybridized carbons (Fsp3) is 0.647. The Labute approximate surface area is 345 Å². The lowest BCUT2D eigenvalue weighted by atomic mass is 10.1. The van der Waals surface area contributed by atoms with Gasteiger partial charge in [0.1, 0.15) is 6.61 Å². The Morgan fingerprint density at radius 3 is 1.41 bits per heavy atom. The van der Waals surface area contributed by atoms with Crippen molar-refractivity contribution in [2.75, 3.05) is 19.8 Å². The van der Waals surface area contributed by atoms with Gasteiger partial charge in [0.15, 0.2) is 6.10 Å². The molecule has 0 fully saturated rings. The van der Waals surface area contributed by atoms with Crippen LogP contribution in [-0.4, -0.2) is 37.9 Å². The third kappa shape index (κ3) is 43.5. The molecule has 5 heteroatoms. The van der Waals surface area contributed by atoms with Gasteiger partial charge in [-0.15, -0.1) is 0 Å². The van der Waals surface area contributed by atoms with Crippen molar-refractivity contribution in [1.82, 2.24) is 0 Å². The fourth-order valence-corrected chi connectivity index (χ4v) is 5.77. The summed E-state index contributed by atoms with van der Waals surface area (Å²) < 4.78 is 17.1. The van der Waals surface area contributed by atoms with Crippen LogP contribution in [0.1, 0.15) is 188 Å². The maximum atomic E-state index is 12.6. The van der Waals surface area contributed by atoms with Crippen molar-refractivity contribution in [2.45, 2.75) is 194 Å². The summed E-state index contributed by atoms with van der Waals surface area (Å²) in [4.78, 5) is 25.1. The molecule has 0 amide bonds. The number of ether oxygens (including phenoxy) is 3. The van der Waals surface area contributed by atoms with E-state index >= 15 is 0 Å². The minimum absolute atomic E-state index is 0.0340. The number of hydrogen-bond acceptors (Lipinski definition) is 5. The summed E-state index contributed by atoms with van der Waals surface area (Å²) in [5, 5.41) is 0. The molecule has 0 aliphatic heterocycles. The van der Waals surface area contributed by atoms with E-state index < -0.39 is 6.10 Å². The molecule has 0 radical (unpaired) electrons. The van der Waals surface area contributed by atoms with E-state index in [4.69, 9.17) is 14.2 Å². The molecule has 1 atom stereocenters. The zero-order valence-corrected chi connectivity index (χ0v) is 36.4. The minimum Gasteiger partial charge on any atom is -0.462 e. The van der Waals surface area contributed by atoms with Crippen LogP contribution in [0.3, 0.4) is 0 Å². The smallest absolute Gasteiger partial charge is 0.310 e. The second-order valence-electron chi connectivity index (χ2n) is 14.6. The number of carbonyl (C=O) groups excluding carboxylic acids is 2. The predicted octanol–water partition coefficient (Wildman–Crippen LogP) is 15.1. The second kappa shape index (κ2) is 46.2. The zero-order valence-electron chi connectivity index (χ0n) is 36.4. The molecule has 5 nitrogen and oxygen atoms in total. The highest BCUT2D eigenvalue weighted by Gasteiger charge is 2.17. The Hall–Kier alpha value is -3.18. The molecule has 0 aromatic rings. The van der Waals surface area contributed by atoms with Gasteiger partial charge in [0.2, 0.25) is 0 Å². The van der Waals surface area contributed by atoms with Gasteiger partial charge in [0.05, 0.1) is 13.0 Å². The van der Waals surface area contributed by atoms with Crippen molar-refractivity contribution in [3.05, 3.63) is 97.2 Å². The number of carbonyl (C=O) groups is 2. The molecule has 0 aromatic carbocycles. The molecule has 0 bridgehead atoms. The summed E-state index contributed by atoms with van der Waals surface area (Å²) in [7, 11) is 0. The van der Waals surface area contributed by atoms with Crippen molar-refractivity contribution in [1.29, 1.82) is 0 Å². The summed E-state index contributed by atoms with van der Waals surface area (Å²) in [5.74, 6) is -0.568. The van der Waals surface area contributed by atoms with Crippen LogP contribution in [0.2, 0.25) is 0 Å². The van der Waals surface area contributed by atoms with E-state index in [2.05, 4.69) is 106 Å². The normalized spacial score (nSPS) is 13.1. The van der Waals surface area contributed by atoms with Gasteiger partial charge in [-0.05, 0) is 83.5 Å². The molecular weight excluding hydrogens is 693 g/mol. The van der Waals surface area contributed by atoms with E-state index in [9.17, 15) is 9.59 Å². The van der Waals surface area contributed by atoms with Crippen molar-refractivity contribution in [2.24, 2.45) is 0 Å². The molecule has 0 aliphatic carbocycles. The SMILES string of the molecule is CC/C=C\C/C=C\C/C=C\C/C=C\C/C=C\CC(=O)OC(COCCCCCCCC)COC(=O)CCCCCCCC/C=C\C/C=C\C/C=C\CCCCC. The highest BCUT2D eigenvalue weighted by Crippen LogP contribution is 2.11. The van der Waals surface area contributed by atoms with Gasteiger partial charge in [-0.1, -0.05) is 189 Å². The zero-order chi connectivity index (χ0) is 40.7. The molecule has 0 aromatic heterocycles. The maximum Gasteiger partial charge on any atom is 0.310 e. The summed E-state index contributed by atoms with van der Waals surface area (Å²) in [5.41, 5.74) is 0. The third-order valence-electron chi connectivity index (χ3n) is 9.14. The van der Waals surface area contributed by atoms with Crippen molar-refractivity contribution in [3.63, 3.8) is 0 Å². The van der Waals surface area contributed by atoms with Crippen LogP contribution in [0.4, 0.5) is 0 Å². The molecule has 0 saturated carbocycles. The fourth-order valence-electron chi connectivity index (χ4n) is 5.77. The van der Waals surface area contributed by atoms with Crippen LogP contribution in [0.15, 0.2) is 97.2 Å². The monoisotopic (exact) mass is 777 g/mol. The molecular formula is C51H84O5. The van der Waals surface area contributed by atoms with Gasteiger partial charge in [-0.2, -0.15) is 0 Å². The van der Waals surface area contributed by atoms with Crippen LogP contribution in [0, 0.1) is 0 Å². The van der Waals surface area contributed by atoms with Gasteiger partial charge >= 0.3 is 11.9 Å². The Morgan fingerprint density at radius 1 is 0.429 bits per heavy atom. The number of hydrogen-bond donors (Lipinski definition) is 0. The van der Waals surface area contributed by atoms with Gasteiger partial charge in [-0.3, -0.25) is 9.59 Å². The number of allylic oxidation sites excluding steroid dienone is 15. The van der Waals surface area contributed by atoms with Crippen molar-refractivity contribution >= 4 is 11.9 Å². The Kier molecular flexibility index (Phi) is 43.6. The second-order valence-corrected chi connectivity index (χ2v) is 14.6.